The molecule has 76 valence electrons. The van der Waals surface area contributed by atoms with Crippen molar-refractivity contribution < 1.29 is 3.63 Å². The normalized spacial score (nSPS) is 10.1. The van der Waals surface area contributed by atoms with Gasteiger partial charge in [0.2, 0.25) is 0 Å². The van der Waals surface area contributed by atoms with Crippen molar-refractivity contribution in [2.24, 2.45) is 0 Å². The van der Waals surface area contributed by atoms with Crippen LogP contribution in [0.4, 0.5) is 0 Å². The van der Waals surface area contributed by atoms with E-state index in [1.54, 1.807) is 12.1 Å². The van der Waals surface area contributed by atoms with E-state index in [9.17, 15) is 0 Å². The summed E-state index contributed by atoms with van der Waals surface area (Å²) in [6, 6.07) is 3.38. The van der Waals surface area contributed by atoms with E-state index in [0.717, 1.165) is 24.1 Å². The fourth-order valence-electron chi connectivity index (χ4n) is 0.636. The van der Waals surface area contributed by atoms with Crippen molar-refractivity contribution in [2.45, 2.75) is 10.1 Å². The van der Waals surface area contributed by atoms with E-state index in [-0.39, 0.29) is 0 Å². The number of nitrogens with zero attached hydrogens (tertiary/aromatic N) is 6. The molecule has 2 aromatic rings. The fraction of sp³-hybridized carbons (Fsp3) is 0. The monoisotopic (exact) mass is 240 g/mol. The summed E-state index contributed by atoms with van der Waals surface area (Å²) in [5.74, 6) is 0. The summed E-state index contributed by atoms with van der Waals surface area (Å²) in [6.45, 7) is 0. The molecule has 0 saturated heterocycles. The highest BCUT2D eigenvalue weighted by Gasteiger charge is 2.00. The van der Waals surface area contributed by atoms with Crippen LogP contribution in [0, 0.1) is 0 Å². The van der Waals surface area contributed by atoms with Crippen molar-refractivity contribution in [3.05, 3.63) is 24.5 Å². The Bertz CT molecular complexity index is 361. The Morgan fingerprint density at radius 2 is 1.40 bits per heavy atom. The van der Waals surface area contributed by atoms with E-state index < -0.39 is 0 Å². The van der Waals surface area contributed by atoms with Crippen LogP contribution in [-0.2, 0) is 3.63 Å². The van der Waals surface area contributed by atoms with Crippen LogP contribution in [0.2, 0.25) is 0 Å². The first kappa shape index (κ1) is 10.2. The van der Waals surface area contributed by atoms with E-state index in [0.29, 0.717) is 10.1 Å². The topological polar surface area (TPSA) is 86.6 Å². The van der Waals surface area contributed by atoms with Crippen molar-refractivity contribution in [3.63, 3.8) is 0 Å². The molecule has 0 fully saturated rings. The second-order valence-electron chi connectivity index (χ2n) is 2.15. The Labute approximate surface area is 93.5 Å². The molecule has 9 heteroatoms. The van der Waals surface area contributed by atoms with Crippen LogP contribution in [0.15, 0.2) is 34.6 Å². The molecular formula is C6H4N6OS2. The highest BCUT2D eigenvalue weighted by atomic mass is 32.2. The Balaban J connectivity index is 1.81. The highest BCUT2D eigenvalue weighted by molar-refractivity contribution is 8.07. The summed E-state index contributed by atoms with van der Waals surface area (Å²) >= 11 is 2.15. The van der Waals surface area contributed by atoms with Crippen LogP contribution in [0.25, 0.3) is 0 Å². The van der Waals surface area contributed by atoms with Crippen LogP contribution >= 0.6 is 24.1 Å². The van der Waals surface area contributed by atoms with Crippen molar-refractivity contribution >= 4 is 24.1 Å². The minimum atomic E-state index is 0.625. The van der Waals surface area contributed by atoms with Crippen molar-refractivity contribution in [1.82, 2.24) is 30.8 Å². The molecule has 0 aliphatic rings. The molecule has 0 aliphatic carbocycles. The average Bonchev–Trinajstić information content (AvgIpc) is 2.32. The molecule has 2 heterocycles. The third-order valence-corrected chi connectivity index (χ3v) is 2.52. The average molecular weight is 240 g/mol. The maximum atomic E-state index is 5.18. The van der Waals surface area contributed by atoms with E-state index in [1.165, 1.54) is 12.4 Å². The molecule has 7 nitrogen and oxygen atoms in total. The van der Waals surface area contributed by atoms with E-state index in [4.69, 9.17) is 3.63 Å². The summed E-state index contributed by atoms with van der Waals surface area (Å²) in [4.78, 5) is 0. The Morgan fingerprint density at radius 1 is 0.867 bits per heavy atom. The van der Waals surface area contributed by atoms with E-state index >= 15 is 0 Å². The number of aromatic nitrogens is 6. The minimum absolute atomic E-state index is 0.625. The molecule has 0 atom stereocenters. The molecule has 15 heavy (non-hydrogen) atoms. The fourth-order valence-corrected chi connectivity index (χ4v) is 1.70. The van der Waals surface area contributed by atoms with Gasteiger partial charge in [-0.2, -0.15) is 0 Å². The Hall–Kier alpha value is -1.32. The SMILES string of the molecule is c1cc(SOSc2ccnnn2)nnn1. The largest absolute Gasteiger partial charge is 0.234 e. The molecule has 0 aromatic carbocycles. The maximum Gasteiger partial charge on any atom is 0.151 e. The molecule has 0 N–H and O–H groups in total. The predicted molar refractivity (Wildman–Crippen MR) is 52.5 cm³/mol. The highest BCUT2D eigenvalue weighted by Crippen LogP contribution is 2.25. The molecule has 2 aromatic heterocycles. The molecular weight excluding hydrogens is 236 g/mol. The van der Waals surface area contributed by atoms with Crippen molar-refractivity contribution in [2.75, 3.05) is 0 Å². The van der Waals surface area contributed by atoms with Crippen LogP contribution in [-0.4, -0.2) is 30.8 Å². The third kappa shape index (κ3) is 3.38. The molecule has 0 saturated carbocycles. The van der Waals surface area contributed by atoms with Crippen LogP contribution < -0.4 is 0 Å². The van der Waals surface area contributed by atoms with Gasteiger partial charge in [-0.15, -0.1) is 20.4 Å². The molecule has 0 amide bonds. The third-order valence-electron chi connectivity index (χ3n) is 1.20. The van der Waals surface area contributed by atoms with Gasteiger partial charge >= 0.3 is 0 Å². The molecule has 0 aliphatic heterocycles. The lowest BCUT2D eigenvalue weighted by Crippen LogP contribution is -1.88. The lowest BCUT2D eigenvalue weighted by atomic mass is 10.7. The van der Waals surface area contributed by atoms with Gasteiger partial charge in [0.05, 0.1) is 36.5 Å². The van der Waals surface area contributed by atoms with Crippen molar-refractivity contribution in [1.29, 1.82) is 0 Å². The van der Waals surface area contributed by atoms with Crippen LogP contribution in [0.3, 0.4) is 0 Å². The summed E-state index contributed by atoms with van der Waals surface area (Å²) < 4.78 is 5.18. The summed E-state index contributed by atoms with van der Waals surface area (Å²) in [6.07, 6.45) is 3.07. The number of hydrogen-bond donors (Lipinski definition) is 0. The van der Waals surface area contributed by atoms with Crippen LogP contribution in [0.5, 0.6) is 0 Å². The number of rotatable bonds is 4. The van der Waals surface area contributed by atoms with Gasteiger partial charge in [0.1, 0.15) is 0 Å². The summed E-state index contributed by atoms with van der Waals surface area (Å²) in [5.41, 5.74) is 0. The van der Waals surface area contributed by atoms with E-state index in [1.807, 2.05) is 0 Å². The van der Waals surface area contributed by atoms with Crippen molar-refractivity contribution in [3.8, 4) is 0 Å². The molecule has 0 bridgehead atoms. The quantitative estimate of drug-likeness (QED) is 0.719. The zero-order chi connectivity index (χ0) is 10.3. The van der Waals surface area contributed by atoms with Gasteiger partial charge < -0.3 is 0 Å². The minimum Gasteiger partial charge on any atom is -0.234 e. The molecule has 0 spiro atoms. The lowest BCUT2D eigenvalue weighted by Gasteiger charge is -1.96. The van der Waals surface area contributed by atoms with Gasteiger partial charge in [-0.25, -0.2) is 3.63 Å². The molecule has 0 unspecified atom stereocenters. The Morgan fingerprint density at radius 3 is 1.80 bits per heavy atom. The first-order valence-corrected chi connectivity index (χ1v) is 5.23. The second kappa shape index (κ2) is 5.53. The van der Waals surface area contributed by atoms with Gasteiger partial charge in [0, 0.05) is 0 Å². The molecule has 0 radical (unpaired) electrons. The first-order valence-electron chi connectivity index (χ1n) is 3.75. The zero-order valence-corrected chi connectivity index (χ0v) is 8.85. The maximum absolute atomic E-state index is 5.18. The van der Waals surface area contributed by atoms with Gasteiger partial charge in [-0.05, 0) is 22.6 Å². The van der Waals surface area contributed by atoms with Crippen LogP contribution in [0.1, 0.15) is 0 Å². The summed E-state index contributed by atoms with van der Waals surface area (Å²) in [7, 11) is 0. The molecule has 2 rings (SSSR count). The van der Waals surface area contributed by atoms with Gasteiger partial charge in [0.15, 0.2) is 10.1 Å². The zero-order valence-electron chi connectivity index (χ0n) is 7.22. The lowest BCUT2D eigenvalue weighted by molar-refractivity contribution is 0.717. The first-order chi connectivity index (χ1) is 7.45. The smallest absolute Gasteiger partial charge is 0.151 e. The van der Waals surface area contributed by atoms with Gasteiger partial charge in [0.25, 0.3) is 0 Å². The summed E-state index contributed by atoms with van der Waals surface area (Å²) in [5, 5.41) is 22.7. The Kier molecular flexibility index (Phi) is 3.77. The van der Waals surface area contributed by atoms with Gasteiger partial charge in [-0.3, -0.25) is 0 Å². The van der Waals surface area contributed by atoms with Gasteiger partial charge in [-0.1, -0.05) is 0 Å². The number of hydrogen-bond acceptors (Lipinski definition) is 9. The van der Waals surface area contributed by atoms with E-state index in [2.05, 4.69) is 30.8 Å². The second-order valence-corrected chi connectivity index (χ2v) is 3.87. The predicted octanol–water partition coefficient (Wildman–Crippen LogP) is 0.788. The standard InChI is InChI=1S/C6H4N6OS2/c1-3-7-11-9-5(1)14-13-15-6-2-4-8-12-10-6/h1-4H.